The molecule has 2 rings (SSSR count). The molecule has 0 atom stereocenters. The summed E-state index contributed by atoms with van der Waals surface area (Å²) < 4.78 is 4.89. The lowest BCUT2D eigenvalue weighted by atomic mass is 10.3. The summed E-state index contributed by atoms with van der Waals surface area (Å²) in [5.74, 6) is 0.120. The molecule has 0 aromatic carbocycles. The lowest BCUT2D eigenvalue weighted by Gasteiger charge is -2.13. The number of hydrogen-bond donors (Lipinski definition) is 1. The maximum atomic E-state index is 11.5. The molecular formula is C11H17ClN4O2. The number of ether oxygens (including phenoxy) is 1. The minimum atomic E-state index is -0.380. The first-order chi connectivity index (χ1) is 8.61. The molecule has 100 valence electrons. The zero-order chi connectivity index (χ0) is 13.7. The van der Waals surface area contributed by atoms with E-state index in [1.165, 1.54) is 4.90 Å². The van der Waals surface area contributed by atoms with Crippen molar-refractivity contribution in [1.29, 1.82) is 0 Å². The van der Waals surface area contributed by atoms with E-state index < -0.39 is 0 Å². The van der Waals surface area contributed by atoms with Crippen molar-refractivity contribution in [1.82, 2.24) is 14.9 Å². The average molecular weight is 273 g/mol. The molecule has 0 saturated heterocycles. The Morgan fingerprint density at radius 3 is 2.72 bits per heavy atom. The third kappa shape index (κ3) is 3.01. The van der Waals surface area contributed by atoms with Crippen LogP contribution < -0.4 is 5.73 Å². The molecule has 1 aliphatic heterocycles. The van der Waals surface area contributed by atoms with Gasteiger partial charge in [-0.3, -0.25) is 4.90 Å². The summed E-state index contributed by atoms with van der Waals surface area (Å²) in [5, 5.41) is 0.300. The van der Waals surface area contributed by atoms with Gasteiger partial charge < -0.3 is 10.5 Å². The number of nitrogens with zero attached hydrogens (tertiary/aromatic N) is 3. The zero-order valence-corrected chi connectivity index (χ0v) is 11.5. The standard InChI is InChI=1S/C9H11ClN4O2.C2H6/c1-2-16-9(15)14-3-5-6(4-14)12-8(11)13-7(5)10;1-2/h2-4H2,1H3,(H2,11,12,13);1-2H3. The van der Waals surface area contributed by atoms with Crippen molar-refractivity contribution < 1.29 is 9.53 Å². The normalized spacial score (nSPS) is 12.6. The molecule has 2 N–H and O–H groups in total. The van der Waals surface area contributed by atoms with Crippen molar-refractivity contribution >= 4 is 23.6 Å². The molecule has 1 aromatic heterocycles. The number of fused-ring (bicyclic) bond motifs is 1. The van der Waals surface area contributed by atoms with Crippen LogP contribution in [0.2, 0.25) is 5.15 Å². The van der Waals surface area contributed by atoms with Crippen LogP contribution >= 0.6 is 11.6 Å². The van der Waals surface area contributed by atoms with Crippen molar-refractivity contribution in [2.75, 3.05) is 12.3 Å². The van der Waals surface area contributed by atoms with Crippen molar-refractivity contribution in [3.8, 4) is 0 Å². The summed E-state index contributed by atoms with van der Waals surface area (Å²) in [4.78, 5) is 20.9. The van der Waals surface area contributed by atoms with Gasteiger partial charge in [-0.25, -0.2) is 14.8 Å². The van der Waals surface area contributed by atoms with Gasteiger partial charge in [0.2, 0.25) is 5.95 Å². The van der Waals surface area contributed by atoms with E-state index in [2.05, 4.69) is 9.97 Å². The summed E-state index contributed by atoms with van der Waals surface area (Å²) >= 11 is 5.91. The number of anilines is 1. The molecular weight excluding hydrogens is 256 g/mol. The number of nitrogen functional groups attached to an aromatic ring is 1. The Hall–Kier alpha value is -1.56. The zero-order valence-electron chi connectivity index (χ0n) is 10.7. The molecule has 1 amide bonds. The summed E-state index contributed by atoms with van der Waals surface area (Å²) in [5.41, 5.74) is 6.90. The predicted octanol–water partition coefficient (Wildman–Crippen LogP) is 2.21. The Balaban J connectivity index is 0.000000771. The third-order valence-electron chi connectivity index (χ3n) is 2.28. The molecule has 0 fully saturated rings. The summed E-state index contributed by atoms with van der Waals surface area (Å²) in [6.45, 7) is 6.83. The molecule has 0 saturated carbocycles. The Morgan fingerprint density at radius 1 is 1.44 bits per heavy atom. The number of carbonyl (C=O) groups is 1. The van der Waals surface area contributed by atoms with Crippen LogP contribution in [0.4, 0.5) is 10.7 Å². The van der Waals surface area contributed by atoms with Gasteiger partial charge in [-0.05, 0) is 6.92 Å². The molecule has 2 heterocycles. The van der Waals surface area contributed by atoms with Crippen LogP contribution in [0.1, 0.15) is 32.0 Å². The largest absolute Gasteiger partial charge is 0.450 e. The van der Waals surface area contributed by atoms with Crippen LogP contribution in [0.15, 0.2) is 0 Å². The van der Waals surface area contributed by atoms with Crippen LogP contribution in [-0.2, 0) is 17.8 Å². The second-order valence-electron chi connectivity index (χ2n) is 3.35. The van der Waals surface area contributed by atoms with Crippen molar-refractivity contribution in [3.63, 3.8) is 0 Å². The molecule has 6 nitrogen and oxygen atoms in total. The van der Waals surface area contributed by atoms with E-state index in [-0.39, 0.29) is 12.0 Å². The van der Waals surface area contributed by atoms with Crippen molar-refractivity contribution in [3.05, 3.63) is 16.4 Å². The van der Waals surface area contributed by atoms with Gasteiger partial charge in [0, 0.05) is 5.56 Å². The van der Waals surface area contributed by atoms with E-state index in [0.29, 0.717) is 30.5 Å². The van der Waals surface area contributed by atoms with Gasteiger partial charge in [-0.15, -0.1) is 0 Å². The first-order valence-corrected chi connectivity index (χ1v) is 6.22. The summed E-state index contributed by atoms with van der Waals surface area (Å²) in [7, 11) is 0. The third-order valence-corrected chi connectivity index (χ3v) is 2.59. The van der Waals surface area contributed by atoms with Crippen LogP contribution in [0.5, 0.6) is 0 Å². The van der Waals surface area contributed by atoms with Gasteiger partial charge >= 0.3 is 6.09 Å². The van der Waals surface area contributed by atoms with Crippen LogP contribution in [0.25, 0.3) is 0 Å². The Kier molecular flexibility index (Phi) is 5.15. The van der Waals surface area contributed by atoms with Crippen molar-refractivity contribution in [2.45, 2.75) is 33.9 Å². The summed E-state index contributed by atoms with van der Waals surface area (Å²) in [6, 6.07) is 0. The minimum Gasteiger partial charge on any atom is -0.450 e. The Bertz CT molecular complexity index is 439. The molecule has 7 heteroatoms. The molecule has 0 spiro atoms. The van der Waals surface area contributed by atoms with Gasteiger partial charge in [-0.2, -0.15) is 0 Å². The van der Waals surface area contributed by atoms with E-state index in [0.717, 1.165) is 5.56 Å². The number of carbonyl (C=O) groups excluding carboxylic acids is 1. The quantitative estimate of drug-likeness (QED) is 0.793. The number of nitrogens with two attached hydrogens (primary N) is 1. The van der Waals surface area contributed by atoms with Crippen LogP contribution in [-0.4, -0.2) is 27.6 Å². The maximum Gasteiger partial charge on any atom is 0.410 e. The molecule has 1 aliphatic rings. The molecule has 18 heavy (non-hydrogen) atoms. The summed E-state index contributed by atoms with van der Waals surface area (Å²) in [6.07, 6.45) is -0.380. The fraction of sp³-hybridized carbons (Fsp3) is 0.545. The molecule has 1 aromatic rings. The second-order valence-corrected chi connectivity index (χ2v) is 3.71. The average Bonchev–Trinajstić information content (AvgIpc) is 2.76. The topological polar surface area (TPSA) is 81.3 Å². The molecule has 0 unspecified atom stereocenters. The van der Waals surface area contributed by atoms with Gasteiger partial charge in [0.05, 0.1) is 25.4 Å². The van der Waals surface area contributed by atoms with E-state index in [9.17, 15) is 4.79 Å². The maximum absolute atomic E-state index is 11.5. The second kappa shape index (κ2) is 6.39. The first kappa shape index (κ1) is 14.5. The number of amides is 1. The van der Waals surface area contributed by atoms with E-state index in [1.807, 2.05) is 13.8 Å². The number of hydrogen-bond acceptors (Lipinski definition) is 5. The Morgan fingerprint density at radius 2 is 2.11 bits per heavy atom. The number of aromatic nitrogens is 2. The van der Waals surface area contributed by atoms with Gasteiger partial charge in [-0.1, -0.05) is 25.4 Å². The lowest BCUT2D eigenvalue weighted by Crippen LogP contribution is -2.26. The number of rotatable bonds is 1. The van der Waals surface area contributed by atoms with Gasteiger partial charge in [0.1, 0.15) is 5.15 Å². The van der Waals surface area contributed by atoms with E-state index >= 15 is 0 Å². The molecule has 0 aliphatic carbocycles. The smallest absolute Gasteiger partial charge is 0.410 e. The van der Waals surface area contributed by atoms with E-state index in [4.69, 9.17) is 22.1 Å². The monoisotopic (exact) mass is 272 g/mol. The number of halogens is 1. The highest BCUT2D eigenvalue weighted by molar-refractivity contribution is 6.30. The predicted molar refractivity (Wildman–Crippen MR) is 69.1 cm³/mol. The SMILES string of the molecule is CC.CCOC(=O)N1Cc2nc(N)nc(Cl)c2C1. The highest BCUT2D eigenvalue weighted by atomic mass is 35.5. The highest BCUT2D eigenvalue weighted by Gasteiger charge is 2.28. The highest BCUT2D eigenvalue weighted by Crippen LogP contribution is 2.27. The Labute approximate surface area is 111 Å². The minimum absolute atomic E-state index is 0.120. The lowest BCUT2D eigenvalue weighted by molar-refractivity contribution is 0.106. The van der Waals surface area contributed by atoms with Crippen molar-refractivity contribution in [2.24, 2.45) is 0 Å². The van der Waals surface area contributed by atoms with Gasteiger partial charge in [0.25, 0.3) is 0 Å². The van der Waals surface area contributed by atoms with Crippen LogP contribution in [0, 0.1) is 0 Å². The fourth-order valence-corrected chi connectivity index (χ4v) is 1.83. The molecule has 0 bridgehead atoms. The fourth-order valence-electron chi connectivity index (χ4n) is 1.58. The van der Waals surface area contributed by atoms with Crippen LogP contribution in [0.3, 0.4) is 0 Å². The van der Waals surface area contributed by atoms with Gasteiger partial charge in [0.15, 0.2) is 0 Å². The molecule has 0 radical (unpaired) electrons. The first-order valence-electron chi connectivity index (χ1n) is 5.84. The van der Waals surface area contributed by atoms with E-state index in [1.54, 1.807) is 6.92 Å².